The molecule has 108 valence electrons. The Morgan fingerprint density at radius 1 is 1.50 bits per heavy atom. The topological polar surface area (TPSA) is 95.3 Å². The molecule has 1 aromatic carbocycles. The molecule has 1 aromatic heterocycles. The van der Waals surface area contributed by atoms with Crippen LogP contribution in [0.5, 0.6) is 0 Å². The number of aromatic nitrogens is 2. The molecule has 2 aromatic rings. The normalized spacial score (nSPS) is 11.2. The van der Waals surface area contributed by atoms with Gasteiger partial charge in [0.25, 0.3) is 5.69 Å². The van der Waals surface area contributed by atoms with E-state index in [4.69, 9.17) is 5.11 Å². The van der Waals surface area contributed by atoms with Crippen molar-refractivity contribution in [2.45, 2.75) is 26.3 Å². The molecule has 0 amide bonds. The van der Waals surface area contributed by atoms with Gasteiger partial charge in [0.05, 0.1) is 16.0 Å². The second-order valence-corrected chi connectivity index (χ2v) is 4.88. The number of imidazole rings is 1. The number of aromatic amines is 1. The molecule has 0 spiro atoms. The van der Waals surface area contributed by atoms with Gasteiger partial charge in [0.1, 0.15) is 0 Å². The summed E-state index contributed by atoms with van der Waals surface area (Å²) < 4.78 is 0. The van der Waals surface area contributed by atoms with Crippen molar-refractivity contribution in [3.8, 4) is 0 Å². The van der Waals surface area contributed by atoms with Gasteiger partial charge in [0.2, 0.25) is 5.95 Å². The molecule has 0 atom stereocenters. The maximum absolute atomic E-state index is 10.8. The first-order chi connectivity index (χ1) is 9.52. The zero-order chi connectivity index (χ0) is 14.7. The van der Waals surface area contributed by atoms with Crippen LogP contribution in [0, 0.1) is 10.1 Å². The summed E-state index contributed by atoms with van der Waals surface area (Å²) in [5.41, 5.74) is 1.38. The van der Waals surface area contributed by atoms with Crippen LogP contribution in [0.4, 0.5) is 11.6 Å². The smallest absolute Gasteiger partial charge is 0.271 e. The third-order valence-electron chi connectivity index (χ3n) is 3.12. The second-order valence-electron chi connectivity index (χ2n) is 4.88. The number of anilines is 1. The molecular weight excluding hydrogens is 260 g/mol. The molecule has 0 bridgehead atoms. The number of non-ortho nitro benzene ring substituents is 1. The van der Waals surface area contributed by atoms with Gasteiger partial charge < -0.3 is 15.0 Å². The predicted octanol–water partition coefficient (Wildman–Crippen LogP) is 2.07. The summed E-state index contributed by atoms with van der Waals surface area (Å²) in [5, 5.41) is 19.7. The minimum Gasteiger partial charge on any atom is -0.396 e. The predicted molar refractivity (Wildman–Crippen MR) is 76.9 cm³/mol. The lowest BCUT2D eigenvalue weighted by atomic mass is 10.3. The van der Waals surface area contributed by atoms with Gasteiger partial charge in [-0.3, -0.25) is 10.1 Å². The minimum atomic E-state index is -0.425. The molecule has 7 nitrogen and oxygen atoms in total. The Morgan fingerprint density at radius 3 is 2.85 bits per heavy atom. The number of H-pyrrole nitrogens is 1. The zero-order valence-corrected chi connectivity index (χ0v) is 11.5. The fourth-order valence-electron chi connectivity index (χ4n) is 2.08. The highest BCUT2D eigenvalue weighted by atomic mass is 16.6. The number of benzene rings is 1. The quantitative estimate of drug-likeness (QED) is 0.623. The average Bonchev–Trinajstić information content (AvgIpc) is 2.80. The number of hydrogen-bond donors (Lipinski definition) is 2. The van der Waals surface area contributed by atoms with Gasteiger partial charge in [-0.25, -0.2) is 4.98 Å². The van der Waals surface area contributed by atoms with E-state index in [1.165, 1.54) is 12.1 Å². The highest BCUT2D eigenvalue weighted by Crippen LogP contribution is 2.23. The lowest BCUT2D eigenvalue weighted by Crippen LogP contribution is -2.33. The Morgan fingerprint density at radius 2 is 2.25 bits per heavy atom. The average molecular weight is 278 g/mol. The molecule has 0 saturated heterocycles. The Bertz CT molecular complexity index is 609. The molecule has 1 heterocycles. The zero-order valence-electron chi connectivity index (χ0n) is 11.5. The Labute approximate surface area is 116 Å². The fraction of sp³-hybridized carbons (Fsp3) is 0.462. The number of nitrogens with one attached hydrogen (secondary N) is 1. The van der Waals surface area contributed by atoms with E-state index in [9.17, 15) is 10.1 Å². The number of nitro groups is 1. The van der Waals surface area contributed by atoms with Crippen molar-refractivity contribution in [2.75, 3.05) is 18.1 Å². The monoisotopic (exact) mass is 278 g/mol. The SMILES string of the molecule is CC(C)N(CCCO)c1nc2ccc([N+](=O)[O-])cc2[nH]1. The van der Waals surface area contributed by atoms with Gasteiger partial charge in [-0.05, 0) is 26.3 Å². The minimum absolute atomic E-state index is 0.0409. The maximum Gasteiger partial charge on any atom is 0.271 e. The summed E-state index contributed by atoms with van der Waals surface area (Å²) in [5.74, 6) is 0.670. The van der Waals surface area contributed by atoms with Crippen molar-refractivity contribution in [1.82, 2.24) is 9.97 Å². The summed E-state index contributed by atoms with van der Waals surface area (Å²) in [6, 6.07) is 4.78. The van der Waals surface area contributed by atoms with Crippen molar-refractivity contribution in [3.63, 3.8) is 0 Å². The molecule has 7 heteroatoms. The van der Waals surface area contributed by atoms with Crippen LogP contribution in [0.25, 0.3) is 11.0 Å². The number of rotatable bonds is 6. The molecule has 2 N–H and O–H groups in total. The summed E-state index contributed by atoms with van der Waals surface area (Å²) in [7, 11) is 0. The van der Waals surface area contributed by atoms with Crippen molar-refractivity contribution >= 4 is 22.7 Å². The molecule has 0 aliphatic carbocycles. The van der Waals surface area contributed by atoms with Crippen LogP contribution in [0.2, 0.25) is 0 Å². The lowest BCUT2D eigenvalue weighted by molar-refractivity contribution is -0.384. The first-order valence-corrected chi connectivity index (χ1v) is 6.54. The van der Waals surface area contributed by atoms with Crippen LogP contribution in [-0.2, 0) is 0 Å². The van der Waals surface area contributed by atoms with Crippen LogP contribution >= 0.6 is 0 Å². The molecule has 0 fully saturated rings. The van der Waals surface area contributed by atoms with Crippen molar-refractivity contribution in [3.05, 3.63) is 28.3 Å². The Kier molecular flexibility index (Phi) is 4.19. The first kappa shape index (κ1) is 14.3. The van der Waals surface area contributed by atoms with E-state index < -0.39 is 4.92 Å². The van der Waals surface area contributed by atoms with Gasteiger partial charge in [-0.2, -0.15) is 0 Å². The fourth-order valence-corrected chi connectivity index (χ4v) is 2.08. The van der Waals surface area contributed by atoms with Gasteiger partial charge in [0.15, 0.2) is 0 Å². The number of aliphatic hydroxyl groups excluding tert-OH is 1. The number of nitro benzene ring substituents is 1. The van der Waals surface area contributed by atoms with Gasteiger partial charge >= 0.3 is 0 Å². The van der Waals surface area contributed by atoms with Crippen molar-refractivity contribution in [2.24, 2.45) is 0 Å². The highest BCUT2D eigenvalue weighted by Gasteiger charge is 2.16. The van der Waals surface area contributed by atoms with E-state index >= 15 is 0 Å². The summed E-state index contributed by atoms with van der Waals surface area (Å²) >= 11 is 0. The summed E-state index contributed by atoms with van der Waals surface area (Å²) in [4.78, 5) is 19.9. The summed E-state index contributed by atoms with van der Waals surface area (Å²) in [6.07, 6.45) is 0.648. The van der Waals surface area contributed by atoms with Crippen molar-refractivity contribution in [1.29, 1.82) is 0 Å². The summed E-state index contributed by atoms with van der Waals surface area (Å²) in [6.45, 7) is 4.87. The highest BCUT2D eigenvalue weighted by molar-refractivity contribution is 5.80. The standard InChI is InChI=1S/C13H18N4O3/c1-9(2)16(6-3-7-18)13-14-11-5-4-10(17(19)20)8-12(11)15-13/h4-5,8-9,18H,3,6-7H2,1-2H3,(H,14,15). The van der Waals surface area contributed by atoms with Gasteiger partial charge in [0, 0.05) is 31.3 Å². The van der Waals surface area contributed by atoms with Crippen LogP contribution in [0.1, 0.15) is 20.3 Å². The van der Waals surface area contributed by atoms with E-state index in [0.717, 1.165) is 0 Å². The molecule has 0 radical (unpaired) electrons. The molecule has 0 unspecified atom stereocenters. The Balaban J connectivity index is 2.36. The molecular formula is C13H18N4O3. The molecule has 0 aliphatic rings. The molecule has 0 aliphatic heterocycles. The van der Waals surface area contributed by atoms with E-state index in [1.807, 2.05) is 18.7 Å². The largest absolute Gasteiger partial charge is 0.396 e. The van der Waals surface area contributed by atoms with Crippen LogP contribution in [-0.4, -0.2) is 39.2 Å². The molecule has 2 rings (SSSR count). The van der Waals surface area contributed by atoms with Crippen LogP contribution in [0.15, 0.2) is 18.2 Å². The van der Waals surface area contributed by atoms with E-state index in [-0.39, 0.29) is 18.3 Å². The third kappa shape index (κ3) is 2.88. The first-order valence-electron chi connectivity index (χ1n) is 6.54. The number of aliphatic hydroxyl groups is 1. The molecule has 0 saturated carbocycles. The van der Waals surface area contributed by atoms with Crippen molar-refractivity contribution < 1.29 is 10.0 Å². The van der Waals surface area contributed by atoms with E-state index in [0.29, 0.717) is 29.9 Å². The van der Waals surface area contributed by atoms with Gasteiger partial charge in [-0.1, -0.05) is 0 Å². The van der Waals surface area contributed by atoms with E-state index in [2.05, 4.69) is 9.97 Å². The van der Waals surface area contributed by atoms with Gasteiger partial charge in [-0.15, -0.1) is 0 Å². The molecule has 20 heavy (non-hydrogen) atoms. The lowest BCUT2D eigenvalue weighted by Gasteiger charge is -2.25. The second kappa shape index (κ2) is 5.87. The number of nitrogens with zero attached hydrogens (tertiary/aromatic N) is 3. The number of fused-ring (bicyclic) bond motifs is 1. The third-order valence-corrected chi connectivity index (χ3v) is 3.12. The maximum atomic E-state index is 10.8. The Hall–Kier alpha value is -2.15. The number of hydrogen-bond acceptors (Lipinski definition) is 5. The van der Waals surface area contributed by atoms with Crippen LogP contribution in [0.3, 0.4) is 0 Å². The van der Waals surface area contributed by atoms with E-state index in [1.54, 1.807) is 6.07 Å². The van der Waals surface area contributed by atoms with Crippen LogP contribution < -0.4 is 4.90 Å².